The van der Waals surface area contributed by atoms with Crippen LogP contribution in [0.25, 0.3) is 11.4 Å². The third-order valence-electron chi connectivity index (χ3n) is 4.34. The second-order valence-corrected chi connectivity index (χ2v) is 6.12. The number of anilines is 1. The Kier molecular flexibility index (Phi) is 6.82. The van der Waals surface area contributed by atoms with E-state index in [1.165, 1.54) is 19.2 Å². The first-order chi connectivity index (χ1) is 14.1. The van der Waals surface area contributed by atoms with Crippen molar-refractivity contribution in [2.24, 2.45) is 0 Å². The molecule has 0 saturated carbocycles. The molecular weight excluding hydrogens is 381 g/mol. The summed E-state index contributed by atoms with van der Waals surface area (Å²) in [6.07, 6.45) is 0. The lowest BCUT2D eigenvalue weighted by atomic mass is 10.1. The highest BCUT2D eigenvalue weighted by molar-refractivity contribution is 5.93. The molecule has 1 saturated heterocycles. The van der Waals surface area contributed by atoms with E-state index in [-0.39, 0.29) is 35.2 Å². The molecule has 0 amide bonds. The van der Waals surface area contributed by atoms with Gasteiger partial charge >= 0.3 is 5.97 Å². The maximum Gasteiger partial charge on any atom is 0.361 e. The van der Waals surface area contributed by atoms with Crippen molar-refractivity contribution in [1.29, 1.82) is 0 Å². The van der Waals surface area contributed by atoms with Gasteiger partial charge in [-0.3, -0.25) is 0 Å². The van der Waals surface area contributed by atoms with E-state index in [0.29, 0.717) is 38.7 Å². The Morgan fingerprint density at radius 1 is 1.21 bits per heavy atom. The van der Waals surface area contributed by atoms with Gasteiger partial charge in [-0.2, -0.15) is 0 Å². The van der Waals surface area contributed by atoms with Crippen molar-refractivity contribution in [3.05, 3.63) is 29.7 Å². The summed E-state index contributed by atoms with van der Waals surface area (Å²) in [6, 6.07) is 4.67. The van der Waals surface area contributed by atoms with Crippen LogP contribution in [-0.2, 0) is 9.47 Å². The van der Waals surface area contributed by atoms with Gasteiger partial charge in [-0.1, -0.05) is 6.07 Å². The largest absolute Gasteiger partial charge is 0.494 e. The van der Waals surface area contributed by atoms with Gasteiger partial charge in [0.1, 0.15) is 0 Å². The predicted octanol–water partition coefficient (Wildman–Crippen LogP) is 2.70. The average Bonchev–Trinajstić information content (AvgIpc) is 2.75. The highest BCUT2D eigenvalue weighted by atomic mass is 19.1. The Hall–Kier alpha value is -2.94. The third kappa shape index (κ3) is 4.40. The molecule has 0 spiro atoms. The summed E-state index contributed by atoms with van der Waals surface area (Å²) in [6.45, 7) is 6.10. The summed E-state index contributed by atoms with van der Waals surface area (Å²) >= 11 is 0. The van der Waals surface area contributed by atoms with Crippen LogP contribution in [0.4, 0.5) is 10.2 Å². The molecule has 0 radical (unpaired) electrons. The number of aromatic nitrogens is 2. The van der Waals surface area contributed by atoms with Gasteiger partial charge in [-0.25, -0.2) is 19.2 Å². The molecule has 1 aromatic heterocycles. The Morgan fingerprint density at radius 3 is 2.62 bits per heavy atom. The minimum Gasteiger partial charge on any atom is -0.494 e. The zero-order valence-electron chi connectivity index (χ0n) is 16.7. The molecule has 2 heterocycles. The molecule has 1 aromatic carbocycles. The number of methoxy groups -OCH3 is 1. The van der Waals surface area contributed by atoms with Gasteiger partial charge in [-0.15, -0.1) is 0 Å². The highest BCUT2D eigenvalue weighted by Crippen LogP contribution is 2.35. The van der Waals surface area contributed by atoms with Crippen molar-refractivity contribution in [1.82, 2.24) is 9.97 Å². The molecular formula is C20H24FN3O5. The van der Waals surface area contributed by atoms with E-state index in [1.54, 1.807) is 19.9 Å². The predicted molar refractivity (Wildman–Crippen MR) is 104 cm³/mol. The standard InChI is InChI=1S/C20H24FN3O5/c1-4-28-17-16(20(25)29-5-2)22-18(13-7-6-8-14(26-3)15(13)21)23-19(17)24-9-11-27-12-10-24/h6-8H,4-5,9-12H2,1-3H3. The van der Waals surface area contributed by atoms with Crippen LogP contribution < -0.4 is 14.4 Å². The lowest BCUT2D eigenvalue weighted by Gasteiger charge is -2.29. The van der Waals surface area contributed by atoms with Gasteiger partial charge in [0.15, 0.2) is 34.7 Å². The van der Waals surface area contributed by atoms with Crippen LogP contribution >= 0.6 is 0 Å². The average molecular weight is 405 g/mol. The third-order valence-corrected chi connectivity index (χ3v) is 4.34. The number of benzene rings is 1. The molecule has 9 heteroatoms. The maximum absolute atomic E-state index is 14.9. The fourth-order valence-corrected chi connectivity index (χ4v) is 3.00. The second kappa shape index (κ2) is 9.51. The number of halogens is 1. The van der Waals surface area contributed by atoms with Crippen LogP contribution in [0, 0.1) is 5.82 Å². The van der Waals surface area contributed by atoms with E-state index >= 15 is 0 Å². The van der Waals surface area contributed by atoms with Crippen molar-refractivity contribution in [3.63, 3.8) is 0 Å². The van der Waals surface area contributed by atoms with E-state index in [4.69, 9.17) is 18.9 Å². The minimum atomic E-state index is -0.655. The first-order valence-corrected chi connectivity index (χ1v) is 9.48. The molecule has 0 N–H and O–H groups in total. The first kappa shape index (κ1) is 20.8. The molecule has 8 nitrogen and oxygen atoms in total. The second-order valence-electron chi connectivity index (χ2n) is 6.12. The van der Waals surface area contributed by atoms with Crippen molar-refractivity contribution in [3.8, 4) is 22.9 Å². The molecule has 1 aliphatic rings. The Balaban J connectivity index is 2.21. The number of ether oxygens (including phenoxy) is 4. The SMILES string of the molecule is CCOC(=O)c1nc(-c2cccc(OC)c2F)nc(N2CCOCC2)c1OCC. The smallest absolute Gasteiger partial charge is 0.361 e. The first-order valence-electron chi connectivity index (χ1n) is 9.48. The Labute approximate surface area is 168 Å². The molecule has 156 valence electrons. The van der Waals surface area contributed by atoms with Gasteiger partial charge in [-0.05, 0) is 26.0 Å². The lowest BCUT2D eigenvalue weighted by Crippen LogP contribution is -2.37. The summed E-state index contributed by atoms with van der Waals surface area (Å²) < 4.78 is 36.2. The number of carbonyl (C=O) groups is 1. The number of esters is 1. The van der Waals surface area contributed by atoms with Crippen LogP contribution in [0.15, 0.2) is 18.2 Å². The van der Waals surface area contributed by atoms with Gasteiger partial charge in [0.2, 0.25) is 0 Å². The van der Waals surface area contributed by atoms with Gasteiger partial charge in [0.05, 0.1) is 39.1 Å². The van der Waals surface area contributed by atoms with Crippen molar-refractivity contribution < 1.29 is 28.1 Å². The van der Waals surface area contributed by atoms with Crippen LogP contribution in [0.5, 0.6) is 11.5 Å². The van der Waals surface area contributed by atoms with Crippen LogP contribution in [-0.4, -0.2) is 62.6 Å². The zero-order chi connectivity index (χ0) is 20.8. The molecule has 0 bridgehead atoms. The van der Waals surface area contributed by atoms with Crippen LogP contribution in [0.1, 0.15) is 24.3 Å². The molecule has 2 aromatic rings. The molecule has 0 atom stereocenters. The summed E-state index contributed by atoms with van der Waals surface area (Å²) in [7, 11) is 1.38. The molecule has 0 unspecified atom stereocenters. The van der Waals surface area contributed by atoms with E-state index < -0.39 is 11.8 Å². The fraction of sp³-hybridized carbons (Fsp3) is 0.450. The lowest BCUT2D eigenvalue weighted by molar-refractivity contribution is 0.0514. The maximum atomic E-state index is 14.9. The van der Waals surface area contributed by atoms with E-state index in [9.17, 15) is 9.18 Å². The molecule has 0 aliphatic carbocycles. The van der Waals surface area contributed by atoms with Crippen molar-refractivity contribution >= 4 is 11.8 Å². The van der Waals surface area contributed by atoms with E-state index in [0.717, 1.165) is 0 Å². The fourth-order valence-electron chi connectivity index (χ4n) is 3.00. The monoisotopic (exact) mass is 405 g/mol. The number of hydrogen-bond donors (Lipinski definition) is 0. The molecule has 3 rings (SSSR count). The quantitative estimate of drug-likeness (QED) is 0.651. The number of morpholine rings is 1. The zero-order valence-corrected chi connectivity index (χ0v) is 16.7. The molecule has 1 fully saturated rings. The summed E-state index contributed by atoms with van der Waals surface area (Å²) in [5.74, 6) is -0.523. The van der Waals surface area contributed by atoms with E-state index in [1.807, 2.05) is 4.90 Å². The van der Waals surface area contributed by atoms with Crippen molar-refractivity contribution in [2.45, 2.75) is 13.8 Å². The van der Waals surface area contributed by atoms with Gasteiger partial charge in [0.25, 0.3) is 0 Å². The molecule has 1 aliphatic heterocycles. The normalized spacial score (nSPS) is 13.9. The Morgan fingerprint density at radius 2 is 1.97 bits per heavy atom. The number of nitrogens with zero attached hydrogens (tertiary/aromatic N) is 3. The van der Waals surface area contributed by atoms with Crippen LogP contribution in [0.2, 0.25) is 0 Å². The summed E-state index contributed by atoms with van der Waals surface area (Å²) in [5, 5.41) is 0. The number of rotatable bonds is 7. The van der Waals surface area contributed by atoms with Crippen LogP contribution in [0.3, 0.4) is 0 Å². The Bertz CT molecular complexity index is 871. The minimum absolute atomic E-state index is 0.0394. The summed E-state index contributed by atoms with van der Waals surface area (Å²) in [5.41, 5.74) is 0.0786. The highest BCUT2D eigenvalue weighted by Gasteiger charge is 2.28. The van der Waals surface area contributed by atoms with Gasteiger partial charge in [0, 0.05) is 13.1 Å². The molecule has 29 heavy (non-hydrogen) atoms. The van der Waals surface area contributed by atoms with E-state index in [2.05, 4.69) is 9.97 Å². The van der Waals surface area contributed by atoms with Gasteiger partial charge < -0.3 is 23.8 Å². The number of hydrogen-bond acceptors (Lipinski definition) is 8. The number of carbonyl (C=O) groups excluding carboxylic acids is 1. The van der Waals surface area contributed by atoms with Crippen molar-refractivity contribution in [2.75, 3.05) is 51.5 Å². The topological polar surface area (TPSA) is 83.0 Å². The summed E-state index contributed by atoms with van der Waals surface area (Å²) in [4.78, 5) is 23.4.